The smallest absolute Gasteiger partial charge is 0.327 e. The summed E-state index contributed by atoms with van der Waals surface area (Å²) < 4.78 is 0. The van der Waals surface area contributed by atoms with Crippen molar-refractivity contribution in [1.82, 2.24) is 4.90 Å². The molecule has 0 spiro atoms. The lowest BCUT2D eigenvalue weighted by Gasteiger charge is -2.28. The van der Waals surface area contributed by atoms with Crippen LogP contribution in [0, 0.1) is 0 Å². The van der Waals surface area contributed by atoms with Gasteiger partial charge in [0.15, 0.2) is 0 Å². The van der Waals surface area contributed by atoms with Crippen LogP contribution in [0.1, 0.15) is 43.7 Å². The highest BCUT2D eigenvalue weighted by Crippen LogP contribution is 2.42. The average Bonchev–Trinajstić information content (AvgIpc) is 2.91. The highest BCUT2D eigenvalue weighted by molar-refractivity contribution is 7.99. The molecule has 0 bridgehead atoms. The van der Waals surface area contributed by atoms with E-state index in [4.69, 9.17) is 11.6 Å². The molecule has 1 aromatic carbocycles. The van der Waals surface area contributed by atoms with E-state index in [1.807, 2.05) is 24.3 Å². The molecule has 4 nitrogen and oxygen atoms in total. The fourth-order valence-electron chi connectivity index (χ4n) is 2.62. The molecule has 1 fully saturated rings. The Bertz CT molecular complexity index is 582. The lowest BCUT2D eigenvalue weighted by molar-refractivity contribution is -0.149. The monoisotopic (exact) mass is 355 g/mol. The molecule has 0 radical (unpaired) electrons. The third-order valence-corrected chi connectivity index (χ3v) is 5.46. The fraction of sp³-hybridized carbons (Fsp3) is 0.529. The van der Waals surface area contributed by atoms with Gasteiger partial charge in [-0.05, 0) is 16.5 Å². The normalized spacial score (nSPS) is 21.5. The molecule has 2 rings (SSSR count). The summed E-state index contributed by atoms with van der Waals surface area (Å²) in [6.07, 6.45) is 0.155. The van der Waals surface area contributed by atoms with Gasteiger partial charge in [0.1, 0.15) is 11.4 Å². The molecule has 6 heteroatoms. The van der Waals surface area contributed by atoms with Crippen LogP contribution in [0.4, 0.5) is 0 Å². The standard InChI is InChI=1S/C17H22ClNO3S/c1-17(2,3)12-6-4-11(5-7-12)15-19(14(20)8-9-18)13(10-23-15)16(21)22/h4-7,13,15H,8-10H2,1-3H3,(H,21,22). The number of carboxylic acid groups (broad SMARTS) is 1. The second-order valence-corrected chi connectivity index (χ2v) is 8.14. The summed E-state index contributed by atoms with van der Waals surface area (Å²) in [5.41, 5.74) is 2.21. The molecule has 1 amide bonds. The van der Waals surface area contributed by atoms with Crippen molar-refractivity contribution in [3.63, 3.8) is 0 Å². The van der Waals surface area contributed by atoms with E-state index >= 15 is 0 Å². The molecule has 126 valence electrons. The molecule has 1 aliphatic rings. The third kappa shape index (κ3) is 4.01. The Kier molecular flexibility index (Phi) is 5.63. The second-order valence-electron chi connectivity index (χ2n) is 6.65. The van der Waals surface area contributed by atoms with Crippen molar-refractivity contribution >= 4 is 35.2 Å². The van der Waals surface area contributed by atoms with E-state index in [-0.39, 0.29) is 29.0 Å². The number of nitrogens with zero attached hydrogens (tertiary/aromatic N) is 1. The number of halogens is 1. The van der Waals surface area contributed by atoms with Gasteiger partial charge in [0, 0.05) is 18.1 Å². The van der Waals surface area contributed by atoms with Crippen LogP contribution in [0.25, 0.3) is 0 Å². The number of carbonyl (C=O) groups is 2. The Hall–Kier alpha value is -1.20. The first kappa shape index (κ1) is 18.1. The number of hydrogen-bond acceptors (Lipinski definition) is 3. The van der Waals surface area contributed by atoms with Gasteiger partial charge in [0.05, 0.1) is 0 Å². The zero-order chi connectivity index (χ0) is 17.2. The Morgan fingerprint density at radius 2 is 1.91 bits per heavy atom. The number of alkyl halides is 1. The molecule has 23 heavy (non-hydrogen) atoms. The highest BCUT2D eigenvalue weighted by atomic mass is 35.5. The summed E-state index contributed by atoms with van der Waals surface area (Å²) >= 11 is 7.15. The molecule has 0 aliphatic carbocycles. The Balaban J connectivity index is 2.29. The number of carboxylic acids is 1. The van der Waals surface area contributed by atoms with E-state index in [1.165, 1.54) is 22.2 Å². The minimum Gasteiger partial charge on any atom is -0.480 e. The number of thioether (sulfide) groups is 1. The van der Waals surface area contributed by atoms with E-state index in [9.17, 15) is 14.7 Å². The SMILES string of the molecule is CC(C)(C)c1ccc(C2SCC(C(=O)O)N2C(=O)CCCl)cc1. The average molecular weight is 356 g/mol. The number of benzene rings is 1. The van der Waals surface area contributed by atoms with Gasteiger partial charge in [0.2, 0.25) is 5.91 Å². The first-order valence-corrected chi connectivity index (χ1v) is 9.16. The maximum Gasteiger partial charge on any atom is 0.327 e. The molecule has 0 aromatic heterocycles. The molecule has 1 N–H and O–H groups in total. The molecule has 1 aliphatic heterocycles. The number of amides is 1. The van der Waals surface area contributed by atoms with E-state index in [0.717, 1.165) is 5.56 Å². The summed E-state index contributed by atoms with van der Waals surface area (Å²) in [6.45, 7) is 6.43. The zero-order valence-electron chi connectivity index (χ0n) is 13.6. The quantitative estimate of drug-likeness (QED) is 0.838. The number of carbonyl (C=O) groups excluding carboxylic acids is 1. The van der Waals surface area contributed by atoms with Gasteiger partial charge in [-0.2, -0.15) is 0 Å². The minimum atomic E-state index is -0.964. The zero-order valence-corrected chi connectivity index (χ0v) is 15.2. The van der Waals surface area contributed by atoms with Crippen LogP contribution in [-0.2, 0) is 15.0 Å². The molecule has 1 saturated heterocycles. The molecule has 2 atom stereocenters. The molecule has 0 saturated carbocycles. The van der Waals surface area contributed by atoms with Crippen molar-refractivity contribution in [3.05, 3.63) is 35.4 Å². The fourth-order valence-corrected chi connectivity index (χ4v) is 4.22. The Morgan fingerprint density at radius 3 is 2.39 bits per heavy atom. The Labute approximate surface area is 146 Å². The van der Waals surface area contributed by atoms with Crippen LogP contribution in [0.15, 0.2) is 24.3 Å². The summed E-state index contributed by atoms with van der Waals surface area (Å²) in [5.74, 6) is -0.576. The third-order valence-electron chi connectivity index (χ3n) is 3.94. The largest absolute Gasteiger partial charge is 0.480 e. The van der Waals surface area contributed by atoms with Crippen molar-refractivity contribution in [3.8, 4) is 0 Å². The van der Waals surface area contributed by atoms with Crippen molar-refractivity contribution in [1.29, 1.82) is 0 Å². The highest BCUT2D eigenvalue weighted by Gasteiger charge is 2.41. The maximum atomic E-state index is 12.3. The minimum absolute atomic E-state index is 0.0546. The van der Waals surface area contributed by atoms with Crippen LogP contribution in [-0.4, -0.2) is 39.6 Å². The number of hydrogen-bond donors (Lipinski definition) is 1. The predicted octanol–water partition coefficient (Wildman–Crippen LogP) is 3.64. The first-order valence-electron chi connectivity index (χ1n) is 7.57. The van der Waals surface area contributed by atoms with Gasteiger partial charge in [-0.1, -0.05) is 45.0 Å². The van der Waals surface area contributed by atoms with Crippen LogP contribution in [0.3, 0.4) is 0 Å². The predicted molar refractivity (Wildman–Crippen MR) is 93.9 cm³/mol. The molecule has 1 heterocycles. The van der Waals surface area contributed by atoms with Crippen molar-refractivity contribution < 1.29 is 14.7 Å². The van der Waals surface area contributed by atoms with Gasteiger partial charge in [-0.25, -0.2) is 4.79 Å². The van der Waals surface area contributed by atoms with Crippen molar-refractivity contribution in [2.45, 2.75) is 44.0 Å². The van der Waals surface area contributed by atoms with E-state index in [0.29, 0.717) is 5.75 Å². The van der Waals surface area contributed by atoms with Gasteiger partial charge in [0.25, 0.3) is 0 Å². The molecular formula is C17H22ClNO3S. The van der Waals surface area contributed by atoms with E-state index in [2.05, 4.69) is 20.8 Å². The first-order chi connectivity index (χ1) is 10.8. The van der Waals surface area contributed by atoms with E-state index < -0.39 is 12.0 Å². The van der Waals surface area contributed by atoms with Gasteiger partial charge in [-0.3, -0.25) is 4.79 Å². The van der Waals surface area contributed by atoms with Crippen LogP contribution in [0.2, 0.25) is 0 Å². The van der Waals surface area contributed by atoms with Crippen LogP contribution >= 0.6 is 23.4 Å². The number of rotatable bonds is 4. The second kappa shape index (κ2) is 7.14. The molecule has 2 unspecified atom stereocenters. The topological polar surface area (TPSA) is 57.6 Å². The van der Waals surface area contributed by atoms with E-state index in [1.54, 1.807) is 0 Å². The van der Waals surface area contributed by atoms with Gasteiger partial charge >= 0.3 is 5.97 Å². The van der Waals surface area contributed by atoms with Crippen LogP contribution < -0.4 is 0 Å². The summed E-state index contributed by atoms with van der Waals surface area (Å²) in [6, 6.07) is 7.29. The lowest BCUT2D eigenvalue weighted by Crippen LogP contribution is -2.43. The maximum absolute atomic E-state index is 12.3. The van der Waals surface area contributed by atoms with Gasteiger partial charge in [-0.15, -0.1) is 23.4 Å². The number of aliphatic carboxylic acids is 1. The lowest BCUT2D eigenvalue weighted by atomic mass is 9.86. The molecular weight excluding hydrogens is 334 g/mol. The summed E-state index contributed by atoms with van der Waals surface area (Å²) in [5, 5.41) is 9.11. The summed E-state index contributed by atoms with van der Waals surface area (Å²) in [7, 11) is 0. The Morgan fingerprint density at radius 1 is 1.30 bits per heavy atom. The van der Waals surface area contributed by atoms with Gasteiger partial charge < -0.3 is 10.0 Å². The van der Waals surface area contributed by atoms with Crippen molar-refractivity contribution in [2.75, 3.05) is 11.6 Å². The summed E-state index contributed by atoms with van der Waals surface area (Å²) in [4.78, 5) is 25.3. The van der Waals surface area contributed by atoms with Crippen molar-refractivity contribution in [2.24, 2.45) is 0 Å². The molecule has 1 aromatic rings. The van der Waals surface area contributed by atoms with Crippen LogP contribution in [0.5, 0.6) is 0 Å².